The molecule has 0 N–H and O–H groups in total. The highest BCUT2D eigenvalue weighted by molar-refractivity contribution is 9.11. The third-order valence-electron chi connectivity index (χ3n) is 2.32. The van der Waals surface area contributed by atoms with E-state index in [1.807, 2.05) is 0 Å². The van der Waals surface area contributed by atoms with Crippen molar-refractivity contribution < 1.29 is 0 Å². The van der Waals surface area contributed by atoms with Crippen molar-refractivity contribution in [2.24, 2.45) is 0 Å². The van der Waals surface area contributed by atoms with E-state index in [2.05, 4.69) is 90.3 Å². The van der Waals surface area contributed by atoms with Gasteiger partial charge in [-0.25, -0.2) is 0 Å². The number of halogens is 3. The fourth-order valence-corrected chi connectivity index (χ4v) is 2.94. The van der Waals surface area contributed by atoms with Gasteiger partial charge in [0.15, 0.2) is 0 Å². The molecule has 0 atom stereocenters. The predicted molar refractivity (Wildman–Crippen MR) is 78.8 cm³/mol. The van der Waals surface area contributed by atoms with Gasteiger partial charge in [0.25, 0.3) is 0 Å². The Labute approximate surface area is 120 Å². The molecule has 2 rings (SSSR count). The second kappa shape index (κ2) is 5.48. The number of hydrogen-bond acceptors (Lipinski definition) is 0. The fourth-order valence-electron chi connectivity index (χ4n) is 1.49. The zero-order chi connectivity index (χ0) is 11.5. The highest BCUT2D eigenvalue weighted by Crippen LogP contribution is 2.24. The van der Waals surface area contributed by atoms with Crippen molar-refractivity contribution in [1.82, 2.24) is 0 Å². The Morgan fingerprint density at radius 3 is 2.00 bits per heavy atom. The van der Waals surface area contributed by atoms with Crippen LogP contribution in [0.1, 0.15) is 11.1 Å². The van der Waals surface area contributed by atoms with E-state index in [0.717, 1.165) is 19.8 Å². The Hall–Kier alpha value is -0.120. The SMILES string of the molecule is Brc1ccc(Cc2ccc(Br)cc2Br)cc1. The molecule has 0 heterocycles. The molecule has 16 heavy (non-hydrogen) atoms. The van der Waals surface area contributed by atoms with Crippen LogP contribution in [0.2, 0.25) is 0 Å². The van der Waals surface area contributed by atoms with E-state index in [1.54, 1.807) is 0 Å². The smallest absolute Gasteiger partial charge is 0.0221 e. The van der Waals surface area contributed by atoms with Crippen molar-refractivity contribution in [2.75, 3.05) is 0 Å². The van der Waals surface area contributed by atoms with Crippen LogP contribution in [0.3, 0.4) is 0 Å². The van der Waals surface area contributed by atoms with Crippen molar-refractivity contribution in [3.05, 3.63) is 67.0 Å². The molecule has 0 nitrogen and oxygen atoms in total. The van der Waals surface area contributed by atoms with Crippen molar-refractivity contribution >= 4 is 47.8 Å². The lowest BCUT2D eigenvalue weighted by atomic mass is 10.1. The van der Waals surface area contributed by atoms with Gasteiger partial charge in [-0.05, 0) is 41.8 Å². The Morgan fingerprint density at radius 2 is 1.38 bits per heavy atom. The molecular formula is C13H9Br3. The van der Waals surface area contributed by atoms with Gasteiger partial charge in [-0.15, -0.1) is 0 Å². The Balaban J connectivity index is 2.23. The number of benzene rings is 2. The molecule has 0 amide bonds. The van der Waals surface area contributed by atoms with Crippen LogP contribution in [0.4, 0.5) is 0 Å². The molecule has 0 spiro atoms. The first-order valence-corrected chi connectivity index (χ1v) is 7.21. The Kier molecular flexibility index (Phi) is 4.22. The molecular weight excluding hydrogens is 396 g/mol. The lowest BCUT2D eigenvalue weighted by Crippen LogP contribution is -1.89. The molecule has 0 bridgehead atoms. The summed E-state index contributed by atoms with van der Waals surface area (Å²) in [5.74, 6) is 0. The van der Waals surface area contributed by atoms with Crippen LogP contribution in [0.5, 0.6) is 0 Å². The molecule has 82 valence electrons. The van der Waals surface area contributed by atoms with Crippen LogP contribution in [-0.4, -0.2) is 0 Å². The molecule has 2 aromatic rings. The first-order chi connectivity index (χ1) is 7.65. The summed E-state index contributed by atoms with van der Waals surface area (Å²) in [6.45, 7) is 0. The van der Waals surface area contributed by atoms with Crippen molar-refractivity contribution in [1.29, 1.82) is 0 Å². The van der Waals surface area contributed by atoms with E-state index >= 15 is 0 Å². The summed E-state index contributed by atoms with van der Waals surface area (Å²) in [5.41, 5.74) is 2.61. The molecule has 0 saturated heterocycles. The Bertz CT molecular complexity index is 489. The minimum Gasteiger partial charge on any atom is -0.0576 e. The van der Waals surface area contributed by atoms with Crippen LogP contribution in [0, 0.1) is 0 Å². The minimum atomic E-state index is 0.946. The quantitative estimate of drug-likeness (QED) is 0.614. The van der Waals surface area contributed by atoms with Crippen LogP contribution in [0.25, 0.3) is 0 Å². The Morgan fingerprint density at radius 1 is 0.750 bits per heavy atom. The van der Waals surface area contributed by atoms with E-state index in [4.69, 9.17) is 0 Å². The van der Waals surface area contributed by atoms with E-state index in [0.29, 0.717) is 0 Å². The molecule has 0 fully saturated rings. The summed E-state index contributed by atoms with van der Waals surface area (Å²) < 4.78 is 3.36. The maximum Gasteiger partial charge on any atom is 0.0221 e. The zero-order valence-electron chi connectivity index (χ0n) is 8.38. The summed E-state index contributed by atoms with van der Waals surface area (Å²) in [6.07, 6.45) is 0.946. The van der Waals surface area contributed by atoms with Crippen LogP contribution < -0.4 is 0 Å². The summed E-state index contributed by atoms with van der Waals surface area (Å²) in [5, 5.41) is 0. The van der Waals surface area contributed by atoms with Gasteiger partial charge in [-0.1, -0.05) is 66.0 Å². The molecule has 0 radical (unpaired) electrons. The highest BCUT2D eigenvalue weighted by Gasteiger charge is 2.02. The predicted octanol–water partition coefficient (Wildman–Crippen LogP) is 5.56. The monoisotopic (exact) mass is 402 g/mol. The second-order valence-corrected chi connectivity index (χ2v) is 6.22. The van der Waals surface area contributed by atoms with Gasteiger partial charge in [0, 0.05) is 13.4 Å². The van der Waals surface area contributed by atoms with Gasteiger partial charge in [-0.3, -0.25) is 0 Å². The fraction of sp³-hybridized carbons (Fsp3) is 0.0769. The normalized spacial score (nSPS) is 10.4. The second-order valence-electron chi connectivity index (χ2n) is 3.54. The highest BCUT2D eigenvalue weighted by atomic mass is 79.9. The molecule has 0 aliphatic rings. The summed E-state index contributed by atoms with van der Waals surface area (Å²) in [4.78, 5) is 0. The van der Waals surface area contributed by atoms with Crippen LogP contribution in [0.15, 0.2) is 55.9 Å². The maximum absolute atomic E-state index is 3.58. The van der Waals surface area contributed by atoms with Gasteiger partial charge >= 0.3 is 0 Å². The molecule has 0 aliphatic carbocycles. The van der Waals surface area contributed by atoms with Crippen molar-refractivity contribution in [2.45, 2.75) is 6.42 Å². The number of rotatable bonds is 2. The lowest BCUT2D eigenvalue weighted by molar-refractivity contribution is 1.17. The summed E-state index contributed by atoms with van der Waals surface area (Å²) >= 11 is 10.5. The first kappa shape index (κ1) is 12.3. The van der Waals surface area contributed by atoms with Crippen molar-refractivity contribution in [3.63, 3.8) is 0 Å². The third kappa shape index (κ3) is 3.19. The van der Waals surface area contributed by atoms with Crippen LogP contribution in [-0.2, 0) is 6.42 Å². The van der Waals surface area contributed by atoms with E-state index in [-0.39, 0.29) is 0 Å². The molecule has 2 aromatic carbocycles. The first-order valence-electron chi connectivity index (χ1n) is 4.83. The van der Waals surface area contributed by atoms with Gasteiger partial charge < -0.3 is 0 Å². The van der Waals surface area contributed by atoms with E-state index in [9.17, 15) is 0 Å². The zero-order valence-corrected chi connectivity index (χ0v) is 13.1. The largest absolute Gasteiger partial charge is 0.0576 e. The summed E-state index contributed by atoms with van der Waals surface area (Å²) in [7, 11) is 0. The summed E-state index contributed by atoms with van der Waals surface area (Å²) in [6, 6.07) is 14.7. The molecule has 0 aromatic heterocycles. The van der Waals surface area contributed by atoms with Crippen LogP contribution >= 0.6 is 47.8 Å². The average molecular weight is 405 g/mol. The van der Waals surface area contributed by atoms with Gasteiger partial charge in [0.1, 0.15) is 0 Å². The van der Waals surface area contributed by atoms with Gasteiger partial charge in [-0.2, -0.15) is 0 Å². The molecule has 0 unspecified atom stereocenters. The van der Waals surface area contributed by atoms with E-state index < -0.39 is 0 Å². The molecule has 0 saturated carbocycles. The minimum absolute atomic E-state index is 0.946. The molecule has 0 aliphatic heterocycles. The van der Waals surface area contributed by atoms with Gasteiger partial charge in [0.05, 0.1) is 0 Å². The third-order valence-corrected chi connectivity index (χ3v) is 4.08. The molecule has 3 heteroatoms. The number of hydrogen-bond donors (Lipinski definition) is 0. The standard InChI is InChI=1S/C13H9Br3/c14-11-4-1-9(2-5-11)7-10-3-6-12(15)8-13(10)16/h1-6,8H,7H2. The van der Waals surface area contributed by atoms with Crippen molar-refractivity contribution in [3.8, 4) is 0 Å². The maximum atomic E-state index is 3.58. The van der Waals surface area contributed by atoms with E-state index in [1.165, 1.54) is 11.1 Å². The lowest BCUT2D eigenvalue weighted by Gasteiger charge is -2.05. The topological polar surface area (TPSA) is 0 Å². The van der Waals surface area contributed by atoms with Gasteiger partial charge in [0.2, 0.25) is 0 Å². The average Bonchev–Trinajstić information content (AvgIpc) is 2.25.